The number of nitrogens with one attached hydrogen (secondary N) is 1. The Morgan fingerprint density at radius 3 is 2.67 bits per heavy atom. The molecule has 4 N–H and O–H groups in total. The molecule has 0 heterocycles. The van der Waals surface area contributed by atoms with Crippen molar-refractivity contribution in [1.29, 1.82) is 0 Å². The second-order valence-electron chi connectivity index (χ2n) is 5.17. The number of carbonyl (C=O) groups is 1. The van der Waals surface area contributed by atoms with Crippen LogP contribution in [-0.2, 0) is 0 Å². The number of nitrogens with two attached hydrogens (primary N) is 1. The molecular weight excluding hydrogens is 228 g/mol. The van der Waals surface area contributed by atoms with E-state index in [4.69, 9.17) is 10.8 Å². The number of rotatable bonds is 5. The van der Waals surface area contributed by atoms with Crippen LogP contribution in [0.3, 0.4) is 0 Å². The number of carboxylic acids is 1. The minimum Gasteiger partial charge on any atom is -0.478 e. The third-order valence-corrected chi connectivity index (χ3v) is 4.12. The number of carboxylic acid groups (broad SMARTS) is 1. The maximum Gasteiger partial charge on any atom is 0.335 e. The summed E-state index contributed by atoms with van der Waals surface area (Å²) in [5.74, 6) is -0.947. The predicted molar refractivity (Wildman–Crippen MR) is 72.9 cm³/mol. The lowest BCUT2D eigenvalue weighted by atomic mass is 9.67. The fourth-order valence-corrected chi connectivity index (χ4v) is 2.47. The zero-order chi connectivity index (χ0) is 13.2. The van der Waals surface area contributed by atoms with Crippen LogP contribution in [0.4, 0.5) is 11.4 Å². The van der Waals surface area contributed by atoms with Gasteiger partial charge >= 0.3 is 5.97 Å². The van der Waals surface area contributed by atoms with E-state index >= 15 is 0 Å². The Labute approximate surface area is 107 Å². The average molecular weight is 248 g/mol. The first-order valence-corrected chi connectivity index (χ1v) is 6.43. The maximum absolute atomic E-state index is 10.8. The van der Waals surface area contributed by atoms with Crippen molar-refractivity contribution in [2.45, 2.75) is 32.6 Å². The van der Waals surface area contributed by atoms with E-state index in [2.05, 4.69) is 12.2 Å². The van der Waals surface area contributed by atoms with Crippen molar-refractivity contribution in [3.8, 4) is 0 Å². The number of anilines is 2. The number of aromatic carboxylic acids is 1. The first kappa shape index (κ1) is 12.7. The molecule has 0 amide bonds. The van der Waals surface area contributed by atoms with Crippen LogP contribution in [0.25, 0.3) is 0 Å². The Balaban J connectivity index is 2.03. The van der Waals surface area contributed by atoms with Crippen LogP contribution >= 0.6 is 0 Å². The highest BCUT2D eigenvalue weighted by Crippen LogP contribution is 2.43. The average Bonchev–Trinajstić information content (AvgIpc) is 2.29. The topological polar surface area (TPSA) is 75.3 Å². The van der Waals surface area contributed by atoms with Crippen LogP contribution in [0.15, 0.2) is 18.2 Å². The zero-order valence-corrected chi connectivity index (χ0v) is 10.7. The molecule has 1 aliphatic carbocycles. The molecule has 1 saturated carbocycles. The highest BCUT2D eigenvalue weighted by atomic mass is 16.4. The quantitative estimate of drug-likeness (QED) is 0.700. The van der Waals surface area contributed by atoms with Gasteiger partial charge in [0, 0.05) is 6.54 Å². The van der Waals surface area contributed by atoms with Crippen LogP contribution in [0.5, 0.6) is 0 Å². The number of hydrogen-bond acceptors (Lipinski definition) is 3. The fourth-order valence-electron chi connectivity index (χ4n) is 2.47. The molecule has 1 fully saturated rings. The fraction of sp³-hybridized carbons (Fsp3) is 0.500. The zero-order valence-electron chi connectivity index (χ0n) is 10.7. The Morgan fingerprint density at radius 2 is 2.22 bits per heavy atom. The SMILES string of the molecule is CCC1(CNc2ccc(C(=O)O)cc2N)CCC1. The highest BCUT2D eigenvalue weighted by Gasteiger charge is 2.34. The van der Waals surface area contributed by atoms with Gasteiger partial charge < -0.3 is 16.2 Å². The van der Waals surface area contributed by atoms with Crippen molar-refractivity contribution >= 4 is 17.3 Å². The van der Waals surface area contributed by atoms with Gasteiger partial charge in [-0.15, -0.1) is 0 Å². The minimum atomic E-state index is -0.947. The van der Waals surface area contributed by atoms with Crippen molar-refractivity contribution in [1.82, 2.24) is 0 Å². The van der Waals surface area contributed by atoms with Gasteiger partial charge in [0.1, 0.15) is 0 Å². The molecule has 98 valence electrons. The van der Waals surface area contributed by atoms with E-state index in [1.807, 2.05) is 0 Å². The molecule has 0 atom stereocenters. The summed E-state index contributed by atoms with van der Waals surface area (Å²) in [5, 5.41) is 12.2. The van der Waals surface area contributed by atoms with Gasteiger partial charge in [-0.1, -0.05) is 13.3 Å². The molecule has 0 spiro atoms. The van der Waals surface area contributed by atoms with Gasteiger partial charge in [-0.3, -0.25) is 0 Å². The lowest BCUT2D eigenvalue weighted by Gasteiger charge is -2.41. The van der Waals surface area contributed by atoms with E-state index in [-0.39, 0.29) is 5.56 Å². The summed E-state index contributed by atoms with van der Waals surface area (Å²) in [6, 6.07) is 4.84. The Hall–Kier alpha value is -1.71. The second-order valence-corrected chi connectivity index (χ2v) is 5.17. The second kappa shape index (κ2) is 4.88. The first-order valence-electron chi connectivity index (χ1n) is 6.43. The van der Waals surface area contributed by atoms with Crippen LogP contribution in [0.2, 0.25) is 0 Å². The number of hydrogen-bond donors (Lipinski definition) is 3. The van der Waals surface area contributed by atoms with Gasteiger partial charge in [-0.25, -0.2) is 4.79 Å². The number of benzene rings is 1. The highest BCUT2D eigenvalue weighted by molar-refractivity contribution is 5.90. The molecule has 2 rings (SSSR count). The van der Waals surface area contributed by atoms with Crippen molar-refractivity contribution in [2.75, 3.05) is 17.6 Å². The van der Waals surface area contributed by atoms with Gasteiger partial charge in [0.05, 0.1) is 16.9 Å². The van der Waals surface area contributed by atoms with Crippen molar-refractivity contribution in [3.63, 3.8) is 0 Å². The van der Waals surface area contributed by atoms with E-state index < -0.39 is 5.97 Å². The van der Waals surface area contributed by atoms with E-state index in [0.717, 1.165) is 12.2 Å². The summed E-state index contributed by atoms with van der Waals surface area (Å²) in [6.45, 7) is 3.14. The minimum absolute atomic E-state index is 0.229. The van der Waals surface area contributed by atoms with E-state index in [9.17, 15) is 4.79 Å². The molecule has 1 aromatic carbocycles. The molecule has 4 heteroatoms. The van der Waals surface area contributed by atoms with Gasteiger partial charge in [0.15, 0.2) is 0 Å². The standard InChI is InChI=1S/C14H20N2O2/c1-2-14(6-3-7-14)9-16-12-5-4-10(13(17)18)8-11(12)15/h4-5,8,16H,2-3,6-7,9,15H2,1H3,(H,17,18). The van der Waals surface area contributed by atoms with Crippen molar-refractivity contribution in [3.05, 3.63) is 23.8 Å². The third-order valence-electron chi connectivity index (χ3n) is 4.12. The molecule has 0 radical (unpaired) electrons. The van der Waals surface area contributed by atoms with Gasteiger partial charge in [-0.05, 0) is 42.9 Å². The molecule has 0 bridgehead atoms. The molecule has 0 aliphatic heterocycles. The maximum atomic E-state index is 10.8. The molecule has 0 unspecified atom stereocenters. The predicted octanol–water partition coefficient (Wildman–Crippen LogP) is 2.96. The van der Waals surface area contributed by atoms with Crippen LogP contribution in [0.1, 0.15) is 43.0 Å². The molecule has 0 aromatic heterocycles. The molecule has 1 aliphatic rings. The Kier molecular flexibility index (Phi) is 3.45. The Bertz CT molecular complexity index is 448. The molecule has 0 saturated heterocycles. The number of nitrogen functional groups attached to an aromatic ring is 1. The third kappa shape index (κ3) is 2.42. The van der Waals surface area contributed by atoms with Crippen LogP contribution in [-0.4, -0.2) is 17.6 Å². The summed E-state index contributed by atoms with van der Waals surface area (Å²) in [5.41, 5.74) is 7.84. The van der Waals surface area contributed by atoms with Crippen LogP contribution < -0.4 is 11.1 Å². The monoisotopic (exact) mass is 248 g/mol. The van der Waals surface area contributed by atoms with Gasteiger partial charge in [-0.2, -0.15) is 0 Å². The lowest BCUT2D eigenvalue weighted by molar-refractivity contribution is 0.0697. The van der Waals surface area contributed by atoms with E-state index in [1.54, 1.807) is 12.1 Å². The molecule has 4 nitrogen and oxygen atoms in total. The largest absolute Gasteiger partial charge is 0.478 e. The summed E-state index contributed by atoms with van der Waals surface area (Å²) in [6.07, 6.45) is 5.02. The smallest absolute Gasteiger partial charge is 0.335 e. The summed E-state index contributed by atoms with van der Waals surface area (Å²) >= 11 is 0. The molecule has 18 heavy (non-hydrogen) atoms. The summed E-state index contributed by atoms with van der Waals surface area (Å²) < 4.78 is 0. The molecule has 1 aromatic rings. The summed E-state index contributed by atoms with van der Waals surface area (Å²) in [7, 11) is 0. The van der Waals surface area contributed by atoms with Crippen LogP contribution in [0, 0.1) is 5.41 Å². The van der Waals surface area contributed by atoms with E-state index in [1.165, 1.54) is 31.7 Å². The Morgan fingerprint density at radius 1 is 1.50 bits per heavy atom. The summed E-state index contributed by atoms with van der Waals surface area (Å²) in [4.78, 5) is 10.8. The van der Waals surface area contributed by atoms with Crippen molar-refractivity contribution in [2.24, 2.45) is 5.41 Å². The normalized spacial score (nSPS) is 16.9. The lowest BCUT2D eigenvalue weighted by Crippen LogP contribution is -2.36. The van der Waals surface area contributed by atoms with Crippen molar-refractivity contribution < 1.29 is 9.90 Å². The molecular formula is C14H20N2O2. The van der Waals surface area contributed by atoms with Gasteiger partial charge in [0.2, 0.25) is 0 Å². The van der Waals surface area contributed by atoms with E-state index in [0.29, 0.717) is 11.1 Å². The first-order chi connectivity index (χ1) is 8.56. The van der Waals surface area contributed by atoms with Gasteiger partial charge in [0.25, 0.3) is 0 Å².